The molecule has 0 amide bonds. The molecule has 4 heterocycles. The molecule has 1 atom stereocenters. The van der Waals surface area contributed by atoms with E-state index in [4.69, 9.17) is 16.6 Å². The first kappa shape index (κ1) is 18.1. The summed E-state index contributed by atoms with van der Waals surface area (Å²) in [6, 6.07) is 0. The SMILES string of the molecule is CCC(C)(C)[C@H]1CCc2c(sc3ncn4nc(-c5c(Cl)cnn5C)nc4c23)C1. The van der Waals surface area contributed by atoms with Crippen molar-refractivity contribution < 1.29 is 0 Å². The van der Waals surface area contributed by atoms with E-state index in [1.54, 1.807) is 21.7 Å². The molecule has 28 heavy (non-hydrogen) atoms. The van der Waals surface area contributed by atoms with Gasteiger partial charge in [0.2, 0.25) is 5.82 Å². The van der Waals surface area contributed by atoms with Crippen molar-refractivity contribution in [2.45, 2.75) is 46.5 Å². The zero-order valence-corrected chi connectivity index (χ0v) is 18.1. The van der Waals surface area contributed by atoms with Gasteiger partial charge >= 0.3 is 0 Å². The number of fused-ring (bicyclic) bond motifs is 5. The molecule has 0 N–H and O–H groups in total. The van der Waals surface area contributed by atoms with Crippen LogP contribution in [0.4, 0.5) is 0 Å². The van der Waals surface area contributed by atoms with Gasteiger partial charge < -0.3 is 0 Å². The van der Waals surface area contributed by atoms with Crippen LogP contribution in [0.25, 0.3) is 27.4 Å². The Hall–Kier alpha value is -1.99. The molecule has 0 aliphatic heterocycles. The molecular formula is C20H23ClN6S. The predicted molar refractivity (Wildman–Crippen MR) is 113 cm³/mol. The average molecular weight is 415 g/mol. The van der Waals surface area contributed by atoms with Crippen LogP contribution in [-0.4, -0.2) is 29.4 Å². The molecule has 1 aliphatic rings. The lowest BCUT2D eigenvalue weighted by molar-refractivity contribution is 0.184. The van der Waals surface area contributed by atoms with Crippen LogP contribution in [-0.2, 0) is 19.9 Å². The van der Waals surface area contributed by atoms with Gasteiger partial charge in [-0.05, 0) is 36.2 Å². The summed E-state index contributed by atoms with van der Waals surface area (Å²) < 4.78 is 3.48. The first-order chi connectivity index (χ1) is 13.4. The second-order valence-electron chi connectivity index (χ2n) is 8.38. The Balaban J connectivity index is 1.66. The van der Waals surface area contributed by atoms with Gasteiger partial charge in [0.05, 0.1) is 16.6 Å². The van der Waals surface area contributed by atoms with E-state index in [0.717, 1.165) is 40.3 Å². The molecule has 0 aromatic carbocycles. The second-order valence-corrected chi connectivity index (χ2v) is 9.87. The number of thiophene rings is 1. The highest BCUT2D eigenvalue weighted by atomic mass is 35.5. The second kappa shape index (κ2) is 6.26. The van der Waals surface area contributed by atoms with E-state index in [1.807, 2.05) is 18.4 Å². The van der Waals surface area contributed by atoms with E-state index in [2.05, 4.69) is 36.0 Å². The number of hydrogen-bond donors (Lipinski definition) is 0. The zero-order chi connectivity index (χ0) is 19.6. The lowest BCUT2D eigenvalue weighted by atomic mass is 9.70. The van der Waals surface area contributed by atoms with Gasteiger partial charge in [0.1, 0.15) is 16.9 Å². The number of aryl methyl sites for hydroxylation is 2. The van der Waals surface area contributed by atoms with E-state index in [9.17, 15) is 0 Å². The summed E-state index contributed by atoms with van der Waals surface area (Å²) in [5.74, 6) is 1.30. The lowest BCUT2D eigenvalue weighted by Crippen LogP contribution is -2.28. The molecule has 8 heteroatoms. The van der Waals surface area contributed by atoms with Gasteiger partial charge in [0, 0.05) is 11.9 Å². The number of halogens is 1. The minimum Gasteiger partial charge on any atom is -0.263 e. The van der Waals surface area contributed by atoms with Crippen LogP contribution in [0.2, 0.25) is 5.02 Å². The molecule has 0 fully saturated rings. The number of hydrogen-bond acceptors (Lipinski definition) is 5. The minimum absolute atomic E-state index is 0.370. The molecule has 5 rings (SSSR count). The smallest absolute Gasteiger partial charge is 0.202 e. The molecule has 146 valence electrons. The van der Waals surface area contributed by atoms with Crippen molar-refractivity contribution >= 4 is 38.8 Å². The Labute approximate surface area is 172 Å². The summed E-state index contributed by atoms with van der Waals surface area (Å²) in [4.78, 5) is 12.1. The quantitative estimate of drug-likeness (QED) is 0.476. The van der Waals surface area contributed by atoms with E-state index in [1.165, 1.54) is 23.3 Å². The molecule has 0 radical (unpaired) electrons. The average Bonchev–Trinajstić information content (AvgIpc) is 3.34. The summed E-state index contributed by atoms with van der Waals surface area (Å²) >= 11 is 8.13. The third-order valence-electron chi connectivity index (χ3n) is 6.51. The normalized spacial score (nSPS) is 17.5. The van der Waals surface area contributed by atoms with Crippen molar-refractivity contribution in [2.24, 2.45) is 18.4 Å². The molecule has 0 bridgehead atoms. The van der Waals surface area contributed by atoms with Gasteiger partial charge in [0.25, 0.3) is 0 Å². The van der Waals surface area contributed by atoms with E-state index >= 15 is 0 Å². The van der Waals surface area contributed by atoms with Gasteiger partial charge in [-0.15, -0.1) is 16.4 Å². The van der Waals surface area contributed by atoms with Gasteiger partial charge in [0.15, 0.2) is 5.65 Å². The summed E-state index contributed by atoms with van der Waals surface area (Å²) in [6.45, 7) is 7.09. The van der Waals surface area contributed by atoms with Crippen molar-refractivity contribution in [1.29, 1.82) is 0 Å². The molecule has 4 aromatic rings. The van der Waals surface area contributed by atoms with Crippen LogP contribution in [0, 0.1) is 11.3 Å². The van der Waals surface area contributed by atoms with Crippen molar-refractivity contribution in [2.75, 3.05) is 0 Å². The maximum atomic E-state index is 6.31. The Morgan fingerprint density at radius 3 is 2.89 bits per heavy atom. The molecule has 4 aromatic heterocycles. The maximum Gasteiger partial charge on any atom is 0.202 e. The van der Waals surface area contributed by atoms with Gasteiger partial charge in [-0.3, -0.25) is 4.68 Å². The van der Waals surface area contributed by atoms with Crippen LogP contribution < -0.4 is 0 Å². The van der Waals surface area contributed by atoms with E-state index < -0.39 is 0 Å². The van der Waals surface area contributed by atoms with Crippen LogP contribution in [0.5, 0.6) is 0 Å². The van der Waals surface area contributed by atoms with Gasteiger partial charge in [-0.1, -0.05) is 38.8 Å². The molecule has 0 unspecified atom stereocenters. The summed E-state index contributed by atoms with van der Waals surface area (Å²) in [6.07, 6.45) is 8.03. The van der Waals surface area contributed by atoms with Crippen molar-refractivity contribution in [1.82, 2.24) is 29.4 Å². The van der Waals surface area contributed by atoms with E-state index in [-0.39, 0.29) is 0 Å². The van der Waals surface area contributed by atoms with Crippen LogP contribution in [0.3, 0.4) is 0 Å². The Morgan fingerprint density at radius 2 is 2.18 bits per heavy atom. The Kier molecular flexibility index (Phi) is 4.04. The molecule has 1 aliphatic carbocycles. The Morgan fingerprint density at radius 1 is 1.36 bits per heavy atom. The maximum absolute atomic E-state index is 6.31. The summed E-state index contributed by atoms with van der Waals surface area (Å²) in [5.41, 5.74) is 3.38. The van der Waals surface area contributed by atoms with Crippen molar-refractivity contribution in [3.8, 4) is 11.5 Å². The van der Waals surface area contributed by atoms with Crippen LogP contribution in [0.1, 0.15) is 44.1 Å². The zero-order valence-electron chi connectivity index (χ0n) is 16.5. The topological polar surface area (TPSA) is 60.9 Å². The highest BCUT2D eigenvalue weighted by Crippen LogP contribution is 2.45. The molecular weight excluding hydrogens is 392 g/mol. The fourth-order valence-corrected chi connectivity index (χ4v) is 5.80. The molecule has 0 spiro atoms. The van der Waals surface area contributed by atoms with Gasteiger partial charge in [-0.2, -0.15) is 5.10 Å². The highest BCUT2D eigenvalue weighted by molar-refractivity contribution is 7.19. The fraction of sp³-hybridized carbons (Fsp3) is 0.500. The summed E-state index contributed by atoms with van der Waals surface area (Å²) in [5, 5.41) is 10.5. The standard InChI is InChI=1S/C20H23ClN6S/c1-5-20(2,3)11-6-7-12-14(8-11)28-19-15(12)18-24-17(25-27(18)10-22-19)16-13(21)9-23-26(16)4/h9-11H,5-8H2,1-4H3/t11-/m0/s1. The predicted octanol–water partition coefficient (Wildman–Crippen LogP) is 4.93. The molecule has 6 nitrogen and oxygen atoms in total. The number of nitrogens with zero attached hydrogens (tertiary/aromatic N) is 6. The number of rotatable bonds is 3. The lowest BCUT2D eigenvalue weighted by Gasteiger charge is -2.36. The third kappa shape index (κ3) is 2.59. The largest absolute Gasteiger partial charge is 0.263 e. The first-order valence-corrected chi connectivity index (χ1v) is 10.9. The third-order valence-corrected chi connectivity index (χ3v) is 7.95. The summed E-state index contributed by atoms with van der Waals surface area (Å²) in [7, 11) is 1.85. The molecule has 0 saturated heterocycles. The fourth-order valence-electron chi connectivity index (χ4n) is 4.29. The molecule has 0 saturated carbocycles. The van der Waals surface area contributed by atoms with Crippen LogP contribution >= 0.6 is 22.9 Å². The van der Waals surface area contributed by atoms with Crippen molar-refractivity contribution in [3.05, 3.63) is 28.0 Å². The first-order valence-electron chi connectivity index (χ1n) is 9.72. The van der Waals surface area contributed by atoms with Crippen LogP contribution in [0.15, 0.2) is 12.5 Å². The van der Waals surface area contributed by atoms with E-state index in [0.29, 0.717) is 16.3 Å². The highest BCUT2D eigenvalue weighted by Gasteiger charge is 2.33. The van der Waals surface area contributed by atoms with Crippen molar-refractivity contribution in [3.63, 3.8) is 0 Å². The minimum atomic E-state index is 0.370. The Bertz CT molecular complexity index is 1180. The van der Waals surface area contributed by atoms with Gasteiger partial charge in [-0.25, -0.2) is 14.5 Å². The monoisotopic (exact) mass is 414 g/mol. The number of aromatic nitrogens is 6.